The van der Waals surface area contributed by atoms with E-state index in [4.69, 9.17) is 10.5 Å². The fourth-order valence-corrected chi connectivity index (χ4v) is 4.45. The molecule has 1 aromatic carbocycles. The molecule has 0 spiro atoms. The van der Waals surface area contributed by atoms with E-state index in [1.807, 2.05) is 19.1 Å². The highest BCUT2D eigenvalue weighted by Crippen LogP contribution is 2.39. The number of rotatable bonds is 3. The van der Waals surface area contributed by atoms with Gasteiger partial charge >= 0.3 is 0 Å². The number of hydrogen-bond acceptors (Lipinski definition) is 7. The molecule has 0 radical (unpaired) electrons. The summed E-state index contributed by atoms with van der Waals surface area (Å²) in [5, 5.41) is 13.9. The second-order valence-electron chi connectivity index (χ2n) is 8.56. The van der Waals surface area contributed by atoms with E-state index < -0.39 is 5.54 Å². The summed E-state index contributed by atoms with van der Waals surface area (Å²) in [5.41, 5.74) is 7.66. The van der Waals surface area contributed by atoms with Crippen LogP contribution in [0.1, 0.15) is 33.3 Å². The van der Waals surface area contributed by atoms with E-state index in [1.165, 1.54) is 13.3 Å². The molecule has 1 saturated heterocycles. The molecule has 0 bridgehead atoms. The molecule has 2 N–H and O–H groups in total. The predicted molar refractivity (Wildman–Crippen MR) is 123 cm³/mol. The van der Waals surface area contributed by atoms with Gasteiger partial charge in [-0.05, 0) is 45.0 Å². The Morgan fingerprint density at radius 3 is 2.70 bits per heavy atom. The van der Waals surface area contributed by atoms with Crippen LogP contribution in [0.4, 0.5) is 11.5 Å². The summed E-state index contributed by atoms with van der Waals surface area (Å²) >= 11 is 0. The van der Waals surface area contributed by atoms with Crippen molar-refractivity contribution in [3.05, 3.63) is 36.2 Å². The van der Waals surface area contributed by atoms with Crippen molar-refractivity contribution in [2.45, 2.75) is 39.3 Å². The van der Waals surface area contributed by atoms with Gasteiger partial charge in [0.05, 0.1) is 30.1 Å². The van der Waals surface area contributed by atoms with Crippen LogP contribution in [0.15, 0.2) is 30.6 Å². The first-order valence-corrected chi connectivity index (χ1v) is 10.4. The SMILES string of the molecule is COc1ccc(-c2cc(C#N)c3c(N)ncnn23)cc1N1C(=O)C(C)(C)N(C(C)=O)CC1C. The zero-order valence-electron chi connectivity index (χ0n) is 19.2. The molecule has 10 heteroatoms. The highest BCUT2D eigenvalue weighted by atomic mass is 16.5. The van der Waals surface area contributed by atoms with Gasteiger partial charge in [-0.25, -0.2) is 9.50 Å². The van der Waals surface area contributed by atoms with Gasteiger partial charge in [0.15, 0.2) is 5.82 Å². The molecule has 2 amide bonds. The minimum atomic E-state index is -1.02. The molecule has 1 aliphatic rings. The second kappa shape index (κ2) is 7.78. The van der Waals surface area contributed by atoms with Crippen LogP contribution in [0, 0.1) is 11.3 Å². The van der Waals surface area contributed by atoms with Crippen LogP contribution in [0.5, 0.6) is 5.75 Å². The van der Waals surface area contributed by atoms with Crippen LogP contribution in [-0.2, 0) is 9.59 Å². The minimum absolute atomic E-state index is 0.151. The number of benzene rings is 1. The molecule has 3 heterocycles. The molecule has 1 aliphatic heterocycles. The number of hydrogen-bond donors (Lipinski definition) is 1. The number of nitrogen functional groups attached to an aromatic ring is 1. The number of nitrogens with two attached hydrogens (primary N) is 1. The molecule has 1 unspecified atom stereocenters. The largest absolute Gasteiger partial charge is 0.495 e. The summed E-state index contributed by atoms with van der Waals surface area (Å²) < 4.78 is 7.15. The molecule has 2 aromatic heterocycles. The lowest BCUT2D eigenvalue weighted by atomic mass is 9.93. The summed E-state index contributed by atoms with van der Waals surface area (Å²) in [6.07, 6.45) is 1.33. The Balaban J connectivity index is 1.89. The summed E-state index contributed by atoms with van der Waals surface area (Å²) in [6, 6.07) is 8.97. The lowest BCUT2D eigenvalue weighted by molar-refractivity contribution is -0.146. The zero-order chi connectivity index (χ0) is 24.1. The number of ether oxygens (including phenoxy) is 1. The highest BCUT2D eigenvalue weighted by Gasteiger charge is 2.47. The van der Waals surface area contributed by atoms with Crippen molar-refractivity contribution in [2.75, 3.05) is 24.3 Å². The van der Waals surface area contributed by atoms with Gasteiger partial charge in [0.25, 0.3) is 5.91 Å². The van der Waals surface area contributed by atoms with Gasteiger partial charge in [-0.2, -0.15) is 10.4 Å². The maximum atomic E-state index is 13.6. The Morgan fingerprint density at radius 1 is 1.33 bits per heavy atom. The third-order valence-electron chi connectivity index (χ3n) is 6.12. The van der Waals surface area contributed by atoms with Gasteiger partial charge in [0, 0.05) is 19.0 Å². The molecule has 33 heavy (non-hydrogen) atoms. The first-order chi connectivity index (χ1) is 15.6. The van der Waals surface area contributed by atoms with E-state index in [1.54, 1.807) is 47.4 Å². The lowest BCUT2D eigenvalue weighted by Gasteiger charge is -2.49. The number of nitriles is 1. The van der Waals surface area contributed by atoms with Gasteiger partial charge < -0.3 is 20.3 Å². The summed E-state index contributed by atoms with van der Waals surface area (Å²) in [4.78, 5) is 33.0. The van der Waals surface area contributed by atoms with Crippen LogP contribution in [0.3, 0.4) is 0 Å². The van der Waals surface area contributed by atoms with Gasteiger partial charge in [0.2, 0.25) is 5.91 Å². The molecule has 0 aliphatic carbocycles. The van der Waals surface area contributed by atoms with E-state index in [2.05, 4.69) is 16.2 Å². The number of nitrogens with zero attached hydrogens (tertiary/aromatic N) is 6. The molecule has 1 atom stereocenters. The number of anilines is 2. The van der Waals surface area contributed by atoms with Crippen molar-refractivity contribution in [1.82, 2.24) is 19.5 Å². The van der Waals surface area contributed by atoms with Crippen molar-refractivity contribution < 1.29 is 14.3 Å². The number of carbonyl (C=O) groups is 2. The number of methoxy groups -OCH3 is 1. The first kappa shape index (κ1) is 22.1. The van der Waals surface area contributed by atoms with Gasteiger partial charge in [-0.3, -0.25) is 9.59 Å². The molecule has 1 fully saturated rings. The van der Waals surface area contributed by atoms with Gasteiger partial charge in [-0.15, -0.1) is 0 Å². The highest BCUT2D eigenvalue weighted by molar-refractivity contribution is 6.04. The normalized spacial score (nSPS) is 17.8. The number of amides is 2. The third kappa shape index (κ3) is 3.33. The van der Waals surface area contributed by atoms with E-state index in [9.17, 15) is 14.9 Å². The zero-order valence-corrected chi connectivity index (χ0v) is 19.2. The Bertz CT molecular complexity index is 1320. The maximum Gasteiger partial charge on any atom is 0.252 e. The average Bonchev–Trinajstić information content (AvgIpc) is 3.16. The number of piperazine rings is 1. The maximum absolute atomic E-state index is 13.6. The average molecular weight is 447 g/mol. The van der Waals surface area contributed by atoms with Crippen molar-refractivity contribution >= 4 is 28.8 Å². The molecule has 4 rings (SSSR count). The summed E-state index contributed by atoms with van der Waals surface area (Å²) in [6.45, 7) is 7.23. The van der Waals surface area contributed by atoms with Gasteiger partial charge in [-0.1, -0.05) is 0 Å². The Labute approximate surface area is 191 Å². The van der Waals surface area contributed by atoms with E-state index >= 15 is 0 Å². The van der Waals surface area contributed by atoms with Crippen LogP contribution < -0.4 is 15.4 Å². The number of aromatic nitrogens is 3. The van der Waals surface area contributed by atoms with Crippen molar-refractivity contribution in [3.8, 4) is 23.1 Å². The molecule has 3 aromatic rings. The van der Waals surface area contributed by atoms with E-state index in [0.29, 0.717) is 40.3 Å². The second-order valence-corrected chi connectivity index (χ2v) is 8.56. The van der Waals surface area contributed by atoms with E-state index in [0.717, 1.165) is 0 Å². The van der Waals surface area contributed by atoms with Crippen LogP contribution in [0.25, 0.3) is 16.8 Å². The fourth-order valence-electron chi connectivity index (χ4n) is 4.45. The first-order valence-electron chi connectivity index (χ1n) is 10.4. The number of fused-ring (bicyclic) bond motifs is 1. The summed E-state index contributed by atoms with van der Waals surface area (Å²) in [5.74, 6) is 0.353. The molecule has 10 nitrogen and oxygen atoms in total. The number of carbonyl (C=O) groups excluding carboxylic acids is 2. The van der Waals surface area contributed by atoms with Crippen LogP contribution in [-0.4, -0.2) is 56.5 Å². The third-order valence-corrected chi connectivity index (χ3v) is 6.12. The molecular weight excluding hydrogens is 422 g/mol. The van der Waals surface area contributed by atoms with Crippen molar-refractivity contribution in [3.63, 3.8) is 0 Å². The van der Waals surface area contributed by atoms with E-state index in [-0.39, 0.29) is 23.7 Å². The fraction of sp³-hybridized carbons (Fsp3) is 0.348. The smallest absolute Gasteiger partial charge is 0.252 e. The topological polar surface area (TPSA) is 130 Å². The molecular formula is C23H25N7O3. The minimum Gasteiger partial charge on any atom is -0.495 e. The predicted octanol–water partition coefficient (Wildman–Crippen LogP) is 2.22. The Hall–Kier alpha value is -4.13. The van der Waals surface area contributed by atoms with Crippen molar-refractivity contribution in [2.24, 2.45) is 0 Å². The van der Waals surface area contributed by atoms with Gasteiger partial charge in [0.1, 0.15) is 29.2 Å². The summed E-state index contributed by atoms with van der Waals surface area (Å²) in [7, 11) is 1.54. The monoisotopic (exact) mass is 447 g/mol. The Morgan fingerprint density at radius 2 is 2.06 bits per heavy atom. The standard InChI is InChI=1S/C23H25N7O3/c1-13-11-28(14(2)31)23(3,4)22(32)29(13)18-8-15(6-7-19(18)33-5)17-9-16(10-24)20-21(25)26-12-27-30(17)20/h6-9,12-13H,11H2,1-5H3,(H2,25,26,27). The Kier molecular flexibility index (Phi) is 5.20. The molecule has 0 saturated carbocycles. The van der Waals surface area contributed by atoms with Crippen LogP contribution >= 0.6 is 0 Å². The lowest BCUT2D eigenvalue weighted by Crippen LogP contribution is -2.67. The molecule has 170 valence electrons. The van der Waals surface area contributed by atoms with Crippen molar-refractivity contribution in [1.29, 1.82) is 5.26 Å². The van der Waals surface area contributed by atoms with Crippen LogP contribution in [0.2, 0.25) is 0 Å². The quantitative estimate of drug-likeness (QED) is 0.651.